The van der Waals surface area contributed by atoms with Crippen molar-refractivity contribution in [2.45, 2.75) is 50.0 Å². The Balaban J connectivity index is 1.33. The van der Waals surface area contributed by atoms with Crippen LogP contribution in [0.5, 0.6) is 0 Å². The lowest BCUT2D eigenvalue weighted by molar-refractivity contribution is -0.135. The minimum atomic E-state index is -1.86. The summed E-state index contributed by atoms with van der Waals surface area (Å²) in [5, 5.41) is 11.6. The number of carbonyl (C=O) groups is 2. The molecule has 1 aliphatic carbocycles. The number of benzene rings is 3. The summed E-state index contributed by atoms with van der Waals surface area (Å²) >= 11 is 0. The van der Waals surface area contributed by atoms with Crippen LogP contribution in [0.2, 0.25) is 0 Å². The first-order chi connectivity index (χ1) is 17.1. The van der Waals surface area contributed by atoms with Crippen molar-refractivity contribution in [1.82, 2.24) is 0 Å². The van der Waals surface area contributed by atoms with Crippen LogP contribution in [0.4, 0.5) is 5.69 Å². The van der Waals surface area contributed by atoms with Crippen LogP contribution in [0.25, 0.3) is 6.08 Å². The molecular weight excluding hydrogens is 434 g/mol. The molecule has 1 N–H and O–H groups in total. The van der Waals surface area contributed by atoms with Gasteiger partial charge in [-0.2, -0.15) is 0 Å². The van der Waals surface area contributed by atoms with Gasteiger partial charge in [0.25, 0.3) is 5.91 Å². The summed E-state index contributed by atoms with van der Waals surface area (Å²) in [5.41, 5.74) is 2.12. The molecule has 1 aliphatic heterocycles. The lowest BCUT2D eigenvalue weighted by Gasteiger charge is -2.23. The van der Waals surface area contributed by atoms with Crippen molar-refractivity contribution in [3.05, 3.63) is 107 Å². The molecule has 5 rings (SSSR count). The Morgan fingerprint density at radius 2 is 1.60 bits per heavy atom. The molecule has 1 heterocycles. The second-order valence-corrected chi connectivity index (χ2v) is 9.66. The van der Waals surface area contributed by atoms with Crippen molar-refractivity contribution in [3.8, 4) is 0 Å². The molecule has 35 heavy (non-hydrogen) atoms. The van der Waals surface area contributed by atoms with Gasteiger partial charge in [0.15, 0.2) is 11.4 Å². The molecule has 3 aromatic rings. The summed E-state index contributed by atoms with van der Waals surface area (Å²) in [7, 11) is 0. The van der Waals surface area contributed by atoms with E-state index in [2.05, 4.69) is 0 Å². The Labute approximate surface area is 206 Å². The van der Waals surface area contributed by atoms with E-state index in [1.165, 1.54) is 37.7 Å². The Morgan fingerprint density at radius 3 is 2.34 bits per heavy atom. The fourth-order valence-corrected chi connectivity index (χ4v) is 5.43. The number of fused-ring (bicyclic) bond motifs is 1. The van der Waals surface area contributed by atoms with E-state index in [-0.39, 0.29) is 12.2 Å². The highest BCUT2D eigenvalue weighted by atomic mass is 16.3. The van der Waals surface area contributed by atoms with Crippen LogP contribution < -0.4 is 4.90 Å². The van der Waals surface area contributed by atoms with Gasteiger partial charge in [0.05, 0.1) is 12.1 Å². The molecule has 178 valence electrons. The number of aliphatic hydroxyl groups is 1. The summed E-state index contributed by atoms with van der Waals surface area (Å²) in [6, 6.07) is 24.8. The highest BCUT2D eigenvalue weighted by molar-refractivity contribution is 6.11. The first-order valence-corrected chi connectivity index (χ1v) is 12.5. The third-order valence-corrected chi connectivity index (χ3v) is 7.36. The molecule has 0 radical (unpaired) electrons. The quantitative estimate of drug-likeness (QED) is 0.419. The molecule has 0 unspecified atom stereocenters. The molecule has 1 fully saturated rings. The second-order valence-electron chi connectivity index (χ2n) is 9.66. The molecule has 2 aliphatic rings. The molecule has 4 nitrogen and oxygen atoms in total. The van der Waals surface area contributed by atoms with Crippen LogP contribution in [-0.4, -0.2) is 23.3 Å². The first-order valence-electron chi connectivity index (χ1n) is 12.5. The number of Topliss-reactive ketones (excluding diaryl/α,β-unsaturated/α-hetero) is 1. The summed E-state index contributed by atoms with van der Waals surface area (Å²) in [5.74, 6) is -0.117. The van der Waals surface area contributed by atoms with Crippen LogP contribution in [0.15, 0.2) is 84.9 Å². The third-order valence-electron chi connectivity index (χ3n) is 7.36. The van der Waals surface area contributed by atoms with E-state index in [9.17, 15) is 14.7 Å². The van der Waals surface area contributed by atoms with E-state index in [0.717, 1.165) is 5.56 Å². The van der Waals surface area contributed by atoms with Crippen molar-refractivity contribution in [2.75, 3.05) is 11.4 Å². The van der Waals surface area contributed by atoms with Crippen LogP contribution >= 0.6 is 0 Å². The van der Waals surface area contributed by atoms with Gasteiger partial charge in [-0.05, 0) is 36.0 Å². The largest absolute Gasteiger partial charge is 0.375 e. The standard InChI is InChI=1S/C31H31NO3/c33-29(26-19-17-25(18-20-26)24-13-5-2-6-14-24)22-31(35)27-15-7-8-16-28(27)32(30(31)34)21-9-12-23-10-3-1-4-11-23/h1,3-4,7-12,15-20,24,35H,2,5-6,13-14,21-22H2/b12-9+/t31-/m0/s1. The summed E-state index contributed by atoms with van der Waals surface area (Å²) in [6.45, 7) is 0.317. The van der Waals surface area contributed by atoms with Gasteiger partial charge in [-0.1, -0.05) is 104 Å². The Bertz CT molecular complexity index is 1230. The number of nitrogens with zero attached hydrogens (tertiary/aromatic N) is 1. The van der Waals surface area contributed by atoms with E-state index < -0.39 is 11.5 Å². The number of anilines is 1. The fourth-order valence-electron chi connectivity index (χ4n) is 5.43. The minimum absolute atomic E-state index is 0.229. The van der Waals surface area contributed by atoms with Crippen LogP contribution in [-0.2, 0) is 10.4 Å². The summed E-state index contributed by atoms with van der Waals surface area (Å²) in [4.78, 5) is 28.2. The van der Waals surface area contributed by atoms with Crippen molar-refractivity contribution in [3.63, 3.8) is 0 Å². The van der Waals surface area contributed by atoms with Crippen LogP contribution in [0.3, 0.4) is 0 Å². The molecule has 0 spiro atoms. The highest BCUT2D eigenvalue weighted by Crippen LogP contribution is 2.43. The number of rotatable bonds is 7. The Kier molecular flexibility index (Phi) is 6.65. The van der Waals surface area contributed by atoms with Gasteiger partial charge in [0.2, 0.25) is 0 Å². The zero-order chi connectivity index (χ0) is 24.3. The second kappa shape index (κ2) is 10.0. The molecule has 4 heteroatoms. The van der Waals surface area contributed by atoms with Gasteiger partial charge in [-0.15, -0.1) is 0 Å². The van der Waals surface area contributed by atoms with Gasteiger partial charge < -0.3 is 10.0 Å². The topological polar surface area (TPSA) is 57.6 Å². The maximum atomic E-state index is 13.4. The molecule has 0 aromatic heterocycles. The molecule has 0 bridgehead atoms. The molecule has 1 atom stereocenters. The van der Waals surface area contributed by atoms with Gasteiger partial charge in [-0.25, -0.2) is 0 Å². The molecular formula is C31H31NO3. The number of para-hydroxylation sites is 1. The maximum absolute atomic E-state index is 13.4. The van der Waals surface area contributed by atoms with E-state index in [1.54, 1.807) is 17.0 Å². The summed E-state index contributed by atoms with van der Waals surface area (Å²) in [6.07, 6.45) is 9.81. The zero-order valence-corrected chi connectivity index (χ0v) is 19.9. The highest BCUT2D eigenvalue weighted by Gasteiger charge is 2.50. The zero-order valence-electron chi connectivity index (χ0n) is 19.9. The van der Waals surface area contributed by atoms with E-state index in [4.69, 9.17) is 0 Å². The minimum Gasteiger partial charge on any atom is -0.375 e. The summed E-state index contributed by atoms with van der Waals surface area (Å²) < 4.78 is 0. The predicted molar refractivity (Wildman–Crippen MR) is 139 cm³/mol. The fraction of sp³-hybridized carbons (Fsp3) is 0.290. The molecule has 1 saturated carbocycles. The third kappa shape index (κ3) is 4.71. The van der Waals surface area contributed by atoms with Crippen molar-refractivity contribution >= 4 is 23.5 Å². The predicted octanol–water partition coefficient (Wildman–Crippen LogP) is 6.25. The van der Waals surface area contributed by atoms with Gasteiger partial charge in [0, 0.05) is 17.7 Å². The van der Waals surface area contributed by atoms with Crippen molar-refractivity contribution < 1.29 is 14.7 Å². The van der Waals surface area contributed by atoms with Crippen molar-refractivity contribution in [2.24, 2.45) is 0 Å². The van der Waals surface area contributed by atoms with E-state index in [0.29, 0.717) is 29.3 Å². The number of hydrogen-bond donors (Lipinski definition) is 1. The van der Waals surface area contributed by atoms with Gasteiger partial charge >= 0.3 is 0 Å². The SMILES string of the molecule is O=C(C[C@@]1(O)C(=O)N(C/C=C/c2ccccc2)c2ccccc21)c1ccc(C2CCCCC2)cc1. The van der Waals surface area contributed by atoms with Gasteiger partial charge in [0.1, 0.15) is 0 Å². The number of ketones is 1. The Hall–Kier alpha value is -3.50. The number of carbonyl (C=O) groups excluding carboxylic acids is 2. The average molecular weight is 466 g/mol. The van der Waals surface area contributed by atoms with Crippen molar-refractivity contribution in [1.29, 1.82) is 0 Å². The van der Waals surface area contributed by atoms with E-state index in [1.807, 2.05) is 78.9 Å². The van der Waals surface area contributed by atoms with Crippen LogP contribution in [0, 0.1) is 0 Å². The monoisotopic (exact) mass is 465 g/mol. The first kappa shape index (κ1) is 23.3. The molecule has 1 amide bonds. The lowest BCUT2D eigenvalue weighted by atomic mass is 9.83. The number of hydrogen-bond acceptors (Lipinski definition) is 3. The average Bonchev–Trinajstić information content (AvgIpc) is 3.11. The maximum Gasteiger partial charge on any atom is 0.264 e. The smallest absolute Gasteiger partial charge is 0.264 e. The normalized spacial score (nSPS) is 20.4. The van der Waals surface area contributed by atoms with Crippen LogP contribution in [0.1, 0.15) is 71.5 Å². The van der Waals surface area contributed by atoms with Gasteiger partial charge in [-0.3, -0.25) is 9.59 Å². The lowest BCUT2D eigenvalue weighted by Crippen LogP contribution is -2.42. The number of amides is 1. The molecule has 3 aromatic carbocycles. The Morgan fingerprint density at radius 1 is 0.914 bits per heavy atom. The molecule has 0 saturated heterocycles. The van der Waals surface area contributed by atoms with E-state index >= 15 is 0 Å².